The number of carbonyl (C=O) groups excluding carboxylic acids is 5. The molecule has 49 heavy (non-hydrogen) atoms. The predicted molar refractivity (Wildman–Crippen MR) is 169 cm³/mol. The summed E-state index contributed by atoms with van der Waals surface area (Å²) < 4.78 is 38.8. The second-order valence-corrected chi connectivity index (χ2v) is 15.0. The second-order valence-electron chi connectivity index (χ2n) is 15.0. The SMILES string of the molecule is CC(=O)O[C@@H](CC(=O)OC(C)(C)C)C(=O)O[C@@H](C)C(=O)OC1=CC[C@@]2(O)[C@@H]3Cc4ccc(OC(=O)OC(C)(C)C)c5c4[C@@]2(CCN3C)[C@H]1O5. The van der Waals surface area contributed by atoms with Crippen molar-refractivity contribution in [2.24, 2.45) is 0 Å². The molecule has 2 bridgehead atoms. The smallest absolute Gasteiger partial charge is 0.477 e. The van der Waals surface area contributed by atoms with Crippen LogP contribution >= 0.6 is 0 Å². The number of benzene rings is 1. The Morgan fingerprint density at radius 3 is 2.31 bits per heavy atom. The lowest BCUT2D eigenvalue weighted by molar-refractivity contribution is -0.182. The van der Waals surface area contributed by atoms with Crippen LogP contribution in [0.15, 0.2) is 24.0 Å². The van der Waals surface area contributed by atoms with Crippen molar-refractivity contribution in [2.75, 3.05) is 13.6 Å². The first-order chi connectivity index (χ1) is 22.6. The number of likely N-dealkylation sites (tertiary alicyclic amines) is 1. The minimum absolute atomic E-state index is 0.0958. The maximum atomic E-state index is 13.4. The number of esters is 4. The Labute approximate surface area is 284 Å². The lowest BCUT2D eigenvalue weighted by Gasteiger charge is -2.61. The Hall–Kier alpha value is -4.17. The third-order valence-electron chi connectivity index (χ3n) is 9.11. The van der Waals surface area contributed by atoms with E-state index in [0.717, 1.165) is 12.5 Å². The third-order valence-corrected chi connectivity index (χ3v) is 9.11. The number of carbonyl (C=O) groups is 5. The zero-order chi connectivity index (χ0) is 36.3. The van der Waals surface area contributed by atoms with E-state index in [9.17, 15) is 29.1 Å². The first-order valence-corrected chi connectivity index (χ1v) is 16.3. The molecule has 0 radical (unpaired) electrons. The lowest BCUT2D eigenvalue weighted by atomic mass is 9.50. The van der Waals surface area contributed by atoms with Gasteiger partial charge in [-0.2, -0.15) is 0 Å². The molecule has 1 fully saturated rings. The standard InChI is InChI=1S/C35H45NO13/c1-18(43-30(40)23(44-19(2)37)17-25(38)48-32(3,4)5)29(39)45-22-12-13-35(42)24-16-20-10-11-21(46-31(41)49-33(6,7)8)27-26(20)34(35,28(22)47-27)14-15-36(24)9/h10-12,18,23-24,28,42H,13-17H2,1-9H3/t18-,23-,24-,28-,34-,35+/m0/s1. The Morgan fingerprint density at radius 2 is 1.67 bits per heavy atom. The van der Waals surface area contributed by atoms with Gasteiger partial charge in [0.05, 0.1) is 17.4 Å². The summed E-state index contributed by atoms with van der Waals surface area (Å²) in [4.78, 5) is 65.3. The Morgan fingerprint density at radius 1 is 1.00 bits per heavy atom. The highest BCUT2D eigenvalue weighted by Gasteiger charge is 2.72. The molecule has 1 spiro atoms. The van der Waals surface area contributed by atoms with E-state index in [0.29, 0.717) is 24.9 Å². The molecule has 268 valence electrons. The highest BCUT2D eigenvalue weighted by Crippen LogP contribution is 2.65. The van der Waals surface area contributed by atoms with Gasteiger partial charge >= 0.3 is 30.0 Å². The van der Waals surface area contributed by atoms with Crippen LogP contribution in [0.4, 0.5) is 4.79 Å². The van der Waals surface area contributed by atoms with Gasteiger partial charge in [-0.1, -0.05) is 6.07 Å². The molecule has 0 unspecified atom stereocenters. The molecule has 2 aliphatic carbocycles. The van der Waals surface area contributed by atoms with Crippen LogP contribution in [0.1, 0.15) is 85.8 Å². The normalized spacial score (nSPS) is 26.5. The van der Waals surface area contributed by atoms with E-state index in [4.69, 9.17) is 33.2 Å². The molecule has 5 rings (SSSR count). The number of piperidine rings is 1. The van der Waals surface area contributed by atoms with Gasteiger partial charge in [-0.3, -0.25) is 9.59 Å². The molecule has 0 amide bonds. The van der Waals surface area contributed by atoms with Gasteiger partial charge in [0.1, 0.15) is 17.0 Å². The van der Waals surface area contributed by atoms with Crippen molar-refractivity contribution >= 4 is 30.0 Å². The minimum atomic E-state index is -1.65. The van der Waals surface area contributed by atoms with Gasteiger partial charge in [0.2, 0.25) is 6.10 Å². The van der Waals surface area contributed by atoms with Crippen LogP contribution in [0.5, 0.6) is 11.5 Å². The zero-order valence-corrected chi connectivity index (χ0v) is 29.4. The summed E-state index contributed by atoms with van der Waals surface area (Å²) in [7, 11) is 1.95. The van der Waals surface area contributed by atoms with Crippen LogP contribution in [0.25, 0.3) is 0 Å². The molecule has 1 saturated heterocycles. The van der Waals surface area contributed by atoms with Gasteiger partial charge < -0.3 is 43.2 Å². The summed E-state index contributed by atoms with van der Waals surface area (Å²) in [6, 6.07) is 3.19. The van der Waals surface area contributed by atoms with E-state index < -0.39 is 77.0 Å². The lowest BCUT2D eigenvalue weighted by Crippen LogP contribution is -2.74. The van der Waals surface area contributed by atoms with E-state index in [1.54, 1.807) is 53.7 Å². The summed E-state index contributed by atoms with van der Waals surface area (Å²) >= 11 is 0. The van der Waals surface area contributed by atoms with Gasteiger partial charge in [0, 0.05) is 24.9 Å². The Bertz CT molecular complexity index is 1590. The number of ether oxygens (including phenoxy) is 7. The van der Waals surface area contributed by atoms with E-state index in [-0.39, 0.29) is 29.7 Å². The van der Waals surface area contributed by atoms with Crippen molar-refractivity contribution in [3.05, 3.63) is 35.1 Å². The maximum absolute atomic E-state index is 13.4. The molecule has 14 heteroatoms. The highest BCUT2D eigenvalue weighted by atomic mass is 16.7. The first kappa shape index (κ1) is 36.1. The van der Waals surface area contributed by atoms with Crippen LogP contribution < -0.4 is 9.47 Å². The van der Waals surface area contributed by atoms with Crippen LogP contribution in [-0.2, 0) is 54.7 Å². The summed E-state index contributed by atoms with van der Waals surface area (Å²) in [6.45, 7) is 13.0. The topological polar surface area (TPSA) is 173 Å². The van der Waals surface area contributed by atoms with E-state index in [2.05, 4.69) is 4.90 Å². The highest BCUT2D eigenvalue weighted by molar-refractivity contribution is 5.86. The predicted octanol–water partition coefficient (Wildman–Crippen LogP) is 3.42. The van der Waals surface area contributed by atoms with Crippen LogP contribution in [-0.4, -0.2) is 94.8 Å². The third kappa shape index (κ3) is 6.85. The Kier molecular flexibility index (Phi) is 9.30. The molecule has 1 aromatic carbocycles. The molecule has 0 saturated carbocycles. The zero-order valence-electron chi connectivity index (χ0n) is 29.4. The maximum Gasteiger partial charge on any atom is 0.514 e. The molecule has 0 aromatic heterocycles. The molecule has 4 aliphatic rings. The molecule has 6 atom stereocenters. The van der Waals surface area contributed by atoms with Crippen LogP contribution in [0, 0.1) is 0 Å². The van der Waals surface area contributed by atoms with Crippen molar-refractivity contribution in [1.82, 2.24) is 4.90 Å². The molecular weight excluding hydrogens is 642 g/mol. The monoisotopic (exact) mass is 687 g/mol. The van der Waals surface area contributed by atoms with Crippen molar-refractivity contribution in [3.8, 4) is 11.5 Å². The number of rotatable bonds is 8. The van der Waals surface area contributed by atoms with Gasteiger partial charge in [-0.05, 0) is 92.6 Å². The average molecular weight is 688 g/mol. The summed E-state index contributed by atoms with van der Waals surface area (Å²) in [5, 5.41) is 12.5. The number of hydrogen-bond donors (Lipinski definition) is 1. The Balaban J connectivity index is 1.39. The fraction of sp³-hybridized carbons (Fsp3) is 0.629. The van der Waals surface area contributed by atoms with Crippen LogP contribution in [0.2, 0.25) is 0 Å². The van der Waals surface area contributed by atoms with E-state index in [1.165, 1.54) is 6.92 Å². The largest absolute Gasteiger partial charge is 0.514 e. The number of aliphatic hydroxyl groups is 1. The fourth-order valence-corrected chi connectivity index (χ4v) is 7.27. The van der Waals surface area contributed by atoms with Gasteiger partial charge in [-0.15, -0.1) is 0 Å². The molecule has 1 N–H and O–H groups in total. The van der Waals surface area contributed by atoms with Gasteiger partial charge in [0.15, 0.2) is 23.7 Å². The van der Waals surface area contributed by atoms with Crippen molar-refractivity contribution in [1.29, 1.82) is 0 Å². The van der Waals surface area contributed by atoms with Crippen molar-refractivity contribution < 1.29 is 62.2 Å². The van der Waals surface area contributed by atoms with Gasteiger partial charge in [0.25, 0.3) is 0 Å². The van der Waals surface area contributed by atoms with E-state index in [1.807, 2.05) is 13.1 Å². The fourth-order valence-electron chi connectivity index (χ4n) is 7.27. The minimum Gasteiger partial charge on any atom is -0.477 e. The number of nitrogens with zero attached hydrogens (tertiary/aromatic N) is 1. The van der Waals surface area contributed by atoms with Gasteiger partial charge in [-0.25, -0.2) is 14.4 Å². The summed E-state index contributed by atoms with van der Waals surface area (Å²) in [6.07, 6.45) is -3.02. The molecule has 14 nitrogen and oxygen atoms in total. The summed E-state index contributed by atoms with van der Waals surface area (Å²) in [5.74, 6) is -3.29. The first-order valence-electron chi connectivity index (χ1n) is 16.3. The van der Waals surface area contributed by atoms with Crippen molar-refractivity contribution in [3.63, 3.8) is 0 Å². The molecular formula is C35H45NO13. The molecule has 2 aliphatic heterocycles. The quantitative estimate of drug-likeness (QED) is 0.239. The number of hydrogen-bond acceptors (Lipinski definition) is 14. The van der Waals surface area contributed by atoms with E-state index >= 15 is 0 Å². The average Bonchev–Trinajstić information content (AvgIpc) is 3.31. The molecule has 1 aromatic rings. The molecule has 2 heterocycles. The summed E-state index contributed by atoms with van der Waals surface area (Å²) in [5.41, 5.74) is -2.43. The second kappa shape index (κ2) is 12.6. The van der Waals surface area contributed by atoms with Crippen LogP contribution in [0.3, 0.4) is 0 Å². The van der Waals surface area contributed by atoms with Crippen molar-refractivity contribution in [2.45, 2.75) is 128 Å². The number of likely N-dealkylation sites (N-methyl/N-ethyl adjacent to an activating group) is 1.